The minimum Gasteiger partial charge on any atom is -0.372 e. The molecule has 184 valence electrons. The lowest BCUT2D eigenvalue weighted by molar-refractivity contribution is 0.154. The number of nitrogens with one attached hydrogen (secondary N) is 1. The first-order valence-corrected chi connectivity index (χ1v) is 13.5. The maximum atomic E-state index is 5.52. The van der Waals surface area contributed by atoms with Gasteiger partial charge in [0.15, 0.2) is 5.82 Å². The van der Waals surface area contributed by atoms with Crippen molar-refractivity contribution in [3.05, 3.63) is 36.0 Å². The Morgan fingerprint density at radius 1 is 0.943 bits per heavy atom. The molecule has 4 aliphatic rings. The van der Waals surface area contributed by atoms with Gasteiger partial charge in [0.25, 0.3) is 0 Å². The highest BCUT2D eigenvalue weighted by molar-refractivity contribution is 5.63. The second-order valence-electron chi connectivity index (χ2n) is 11.0. The average Bonchev–Trinajstić information content (AvgIpc) is 3.83. The fourth-order valence-electron chi connectivity index (χ4n) is 6.06. The molecule has 3 aliphatic carbocycles. The highest BCUT2D eigenvalue weighted by Crippen LogP contribution is 2.42. The Hall–Kier alpha value is -2.81. The molecule has 0 radical (unpaired) electrons. The third kappa shape index (κ3) is 4.24. The Balaban J connectivity index is 1.20. The SMILES string of the molecule is c1cc(NC2(c3nnnn3C3CCCCC3)CCN(C3CC3)CC2)cc(-c2noc(C3CC3)n2)c1. The molecule has 9 nitrogen and oxygen atoms in total. The molecule has 2 aromatic heterocycles. The number of tetrazole rings is 1. The van der Waals surface area contributed by atoms with Crippen LogP contribution in [0, 0.1) is 0 Å². The first-order valence-electron chi connectivity index (χ1n) is 13.5. The molecule has 1 aromatic carbocycles. The summed E-state index contributed by atoms with van der Waals surface area (Å²) in [6, 6.07) is 9.59. The molecule has 1 saturated heterocycles. The first kappa shape index (κ1) is 21.5. The minimum absolute atomic E-state index is 0.290. The molecule has 9 heteroatoms. The van der Waals surface area contributed by atoms with E-state index < -0.39 is 0 Å². The summed E-state index contributed by atoms with van der Waals surface area (Å²) in [4.78, 5) is 7.32. The zero-order valence-electron chi connectivity index (χ0n) is 20.3. The molecule has 0 unspecified atom stereocenters. The predicted molar refractivity (Wildman–Crippen MR) is 131 cm³/mol. The number of hydrogen-bond donors (Lipinski definition) is 1. The van der Waals surface area contributed by atoms with Crippen molar-refractivity contribution in [1.29, 1.82) is 0 Å². The van der Waals surface area contributed by atoms with Crippen molar-refractivity contribution in [2.24, 2.45) is 0 Å². The van der Waals surface area contributed by atoms with Gasteiger partial charge in [-0.05, 0) is 73.9 Å². The largest absolute Gasteiger partial charge is 0.372 e. The molecule has 3 aromatic rings. The van der Waals surface area contributed by atoms with Gasteiger partial charge in [0.05, 0.1) is 6.04 Å². The lowest BCUT2D eigenvalue weighted by Crippen LogP contribution is -2.49. The zero-order valence-corrected chi connectivity index (χ0v) is 20.3. The monoisotopic (exact) mass is 474 g/mol. The van der Waals surface area contributed by atoms with Gasteiger partial charge < -0.3 is 14.7 Å². The van der Waals surface area contributed by atoms with Crippen molar-refractivity contribution < 1.29 is 4.52 Å². The topological polar surface area (TPSA) is 97.8 Å². The van der Waals surface area contributed by atoms with Crippen LogP contribution >= 0.6 is 0 Å². The number of rotatable bonds is 7. The van der Waals surface area contributed by atoms with Gasteiger partial charge in [0.1, 0.15) is 5.54 Å². The molecule has 0 spiro atoms. The number of nitrogens with zero attached hydrogens (tertiary/aromatic N) is 7. The summed E-state index contributed by atoms with van der Waals surface area (Å²) in [6.45, 7) is 2.15. The van der Waals surface area contributed by atoms with Crippen LogP contribution < -0.4 is 5.32 Å². The second kappa shape index (κ2) is 8.69. The van der Waals surface area contributed by atoms with Crippen molar-refractivity contribution in [2.45, 2.75) is 94.2 Å². The van der Waals surface area contributed by atoms with E-state index in [1.807, 2.05) is 0 Å². The number of piperidine rings is 1. The van der Waals surface area contributed by atoms with Crippen LogP contribution in [0.15, 0.2) is 28.8 Å². The second-order valence-corrected chi connectivity index (χ2v) is 11.0. The Kier molecular flexibility index (Phi) is 5.33. The molecule has 4 fully saturated rings. The van der Waals surface area contributed by atoms with Crippen LogP contribution in [0.1, 0.15) is 94.3 Å². The summed E-state index contributed by atoms with van der Waals surface area (Å²) in [7, 11) is 0. The van der Waals surface area contributed by atoms with E-state index in [2.05, 4.69) is 64.8 Å². The van der Waals surface area contributed by atoms with Crippen molar-refractivity contribution in [3.63, 3.8) is 0 Å². The van der Waals surface area contributed by atoms with Gasteiger partial charge in [-0.2, -0.15) is 4.98 Å². The summed E-state index contributed by atoms with van der Waals surface area (Å²) in [6.07, 6.45) is 13.1. The smallest absolute Gasteiger partial charge is 0.230 e. The quantitative estimate of drug-likeness (QED) is 0.527. The zero-order chi connectivity index (χ0) is 23.2. The van der Waals surface area contributed by atoms with Gasteiger partial charge in [0.2, 0.25) is 11.7 Å². The fraction of sp³-hybridized carbons (Fsp3) is 0.654. The third-order valence-electron chi connectivity index (χ3n) is 8.43. The Morgan fingerprint density at radius 2 is 1.77 bits per heavy atom. The molecule has 7 rings (SSSR count). The Labute approximate surface area is 205 Å². The Bertz CT molecular complexity index is 1170. The predicted octanol–water partition coefficient (Wildman–Crippen LogP) is 4.67. The molecule has 0 atom stereocenters. The highest BCUT2D eigenvalue weighted by atomic mass is 16.5. The van der Waals surface area contributed by atoms with Gasteiger partial charge in [-0.25, -0.2) is 4.68 Å². The molecule has 35 heavy (non-hydrogen) atoms. The molecule has 3 heterocycles. The summed E-state index contributed by atoms with van der Waals surface area (Å²) < 4.78 is 7.67. The van der Waals surface area contributed by atoms with E-state index in [0.29, 0.717) is 17.8 Å². The van der Waals surface area contributed by atoms with Gasteiger partial charge in [0, 0.05) is 36.3 Å². The molecule has 1 aliphatic heterocycles. The molecule has 0 bridgehead atoms. The number of anilines is 1. The van der Waals surface area contributed by atoms with Gasteiger partial charge in [-0.15, -0.1) is 5.10 Å². The lowest BCUT2D eigenvalue weighted by atomic mass is 9.85. The van der Waals surface area contributed by atoms with Crippen LogP contribution in [-0.4, -0.2) is 54.4 Å². The highest BCUT2D eigenvalue weighted by Gasteiger charge is 2.44. The van der Waals surface area contributed by atoms with Crippen LogP contribution in [0.4, 0.5) is 5.69 Å². The van der Waals surface area contributed by atoms with Crippen molar-refractivity contribution >= 4 is 5.69 Å². The molecule has 1 N–H and O–H groups in total. The summed E-state index contributed by atoms with van der Waals surface area (Å²) in [5.74, 6) is 2.89. The van der Waals surface area contributed by atoms with Gasteiger partial charge in [-0.1, -0.05) is 36.6 Å². The van der Waals surface area contributed by atoms with E-state index in [0.717, 1.165) is 67.8 Å². The first-order chi connectivity index (χ1) is 17.3. The van der Waals surface area contributed by atoms with Crippen molar-refractivity contribution in [1.82, 2.24) is 35.2 Å². The maximum absolute atomic E-state index is 5.52. The van der Waals surface area contributed by atoms with Crippen LogP contribution in [0.25, 0.3) is 11.4 Å². The van der Waals surface area contributed by atoms with E-state index in [1.54, 1.807) is 0 Å². The summed E-state index contributed by atoms with van der Waals surface area (Å²) in [5.41, 5.74) is 1.74. The summed E-state index contributed by atoms with van der Waals surface area (Å²) >= 11 is 0. The van der Waals surface area contributed by atoms with Gasteiger partial charge in [-0.3, -0.25) is 0 Å². The molecular formula is C26H34N8O. The number of aromatic nitrogens is 6. The van der Waals surface area contributed by atoms with Crippen molar-refractivity contribution in [2.75, 3.05) is 18.4 Å². The standard InChI is InChI=1S/C26H34N8O/c1-2-7-22(8-3-1)34-25(29-31-32-34)26(13-15-33(16-14-26)21-11-12-21)28-20-6-4-5-19(17-20)23-27-24(35-30-23)18-9-10-18/h4-6,17-18,21-22,28H,1-3,7-16H2. The minimum atomic E-state index is -0.290. The number of benzene rings is 1. The molecule has 0 amide bonds. The van der Waals surface area contributed by atoms with E-state index in [4.69, 9.17) is 4.52 Å². The van der Waals surface area contributed by atoms with E-state index in [-0.39, 0.29) is 5.54 Å². The Morgan fingerprint density at radius 3 is 2.54 bits per heavy atom. The average molecular weight is 475 g/mol. The van der Waals surface area contributed by atoms with E-state index >= 15 is 0 Å². The van der Waals surface area contributed by atoms with E-state index in [1.165, 1.54) is 44.9 Å². The van der Waals surface area contributed by atoms with Gasteiger partial charge >= 0.3 is 0 Å². The lowest BCUT2D eigenvalue weighted by Gasteiger charge is -2.42. The van der Waals surface area contributed by atoms with E-state index in [9.17, 15) is 0 Å². The van der Waals surface area contributed by atoms with Crippen LogP contribution in [0.3, 0.4) is 0 Å². The van der Waals surface area contributed by atoms with Crippen LogP contribution in [0.5, 0.6) is 0 Å². The number of likely N-dealkylation sites (tertiary alicyclic amines) is 1. The van der Waals surface area contributed by atoms with Crippen LogP contribution in [-0.2, 0) is 5.54 Å². The fourth-order valence-corrected chi connectivity index (χ4v) is 6.06. The number of hydrogen-bond acceptors (Lipinski definition) is 8. The van der Waals surface area contributed by atoms with Crippen molar-refractivity contribution in [3.8, 4) is 11.4 Å². The maximum Gasteiger partial charge on any atom is 0.230 e. The van der Waals surface area contributed by atoms with Crippen LogP contribution in [0.2, 0.25) is 0 Å². The molecule has 3 saturated carbocycles. The molecular weight excluding hydrogens is 440 g/mol. The summed E-state index contributed by atoms with van der Waals surface area (Å²) in [5, 5.41) is 21.6. The normalized spacial score (nSPS) is 23.4. The third-order valence-corrected chi connectivity index (χ3v) is 8.43.